The highest BCUT2D eigenvalue weighted by molar-refractivity contribution is 6.63. The second-order valence-corrected chi connectivity index (χ2v) is 4.70. The van der Waals surface area contributed by atoms with Crippen LogP contribution in [-0.2, 0) is 17.8 Å². The highest BCUT2D eigenvalue weighted by Crippen LogP contribution is 2.26. The second-order valence-electron chi connectivity index (χ2n) is 4.28. The molecule has 4 heteroatoms. The second kappa shape index (κ2) is 6.96. The molecule has 0 amide bonds. The van der Waals surface area contributed by atoms with Crippen LogP contribution in [0.15, 0.2) is 48.5 Å². The van der Waals surface area contributed by atoms with Gasteiger partial charge in [-0.1, -0.05) is 30.3 Å². The van der Waals surface area contributed by atoms with Crippen LogP contribution in [0, 0.1) is 0 Å². The Balaban J connectivity index is 2.15. The first-order valence-corrected chi connectivity index (χ1v) is 6.59. The van der Waals surface area contributed by atoms with E-state index >= 15 is 0 Å². The lowest BCUT2D eigenvalue weighted by molar-refractivity contribution is -0.111. The number of carbonyl (C=O) groups is 1. The van der Waals surface area contributed by atoms with Gasteiger partial charge in [0.1, 0.15) is 18.1 Å². The van der Waals surface area contributed by atoms with Crippen molar-refractivity contribution in [2.24, 2.45) is 0 Å². The van der Waals surface area contributed by atoms with Gasteiger partial charge in [0.15, 0.2) is 0 Å². The molecule has 0 fully saturated rings. The normalized spacial score (nSPS) is 10.1. The van der Waals surface area contributed by atoms with Gasteiger partial charge in [-0.3, -0.25) is 4.79 Å². The maximum absolute atomic E-state index is 11.1. The molecule has 0 radical (unpaired) electrons. The van der Waals surface area contributed by atoms with Crippen molar-refractivity contribution in [1.29, 1.82) is 0 Å². The predicted molar refractivity (Wildman–Crippen MR) is 78.3 cm³/mol. The number of halogens is 1. The summed E-state index contributed by atoms with van der Waals surface area (Å²) in [5, 5.41) is -0.428. The van der Waals surface area contributed by atoms with Crippen molar-refractivity contribution in [3.63, 3.8) is 0 Å². The van der Waals surface area contributed by atoms with Crippen LogP contribution in [0.4, 0.5) is 0 Å². The van der Waals surface area contributed by atoms with Crippen LogP contribution in [0.3, 0.4) is 0 Å². The zero-order chi connectivity index (χ0) is 14.4. The van der Waals surface area contributed by atoms with Crippen molar-refractivity contribution in [2.45, 2.75) is 13.0 Å². The molecule has 0 unspecified atom stereocenters. The SMILES string of the molecule is COc1ccc(OCc2ccccc2)c(CC(=O)Cl)c1. The fourth-order valence-electron chi connectivity index (χ4n) is 1.85. The highest BCUT2D eigenvalue weighted by atomic mass is 35.5. The number of carbonyl (C=O) groups excluding carboxylic acids is 1. The summed E-state index contributed by atoms with van der Waals surface area (Å²) in [6.45, 7) is 0.441. The molecule has 0 saturated heterocycles. The summed E-state index contributed by atoms with van der Waals surface area (Å²) >= 11 is 5.46. The molecule has 0 bridgehead atoms. The van der Waals surface area contributed by atoms with E-state index in [4.69, 9.17) is 21.1 Å². The summed E-state index contributed by atoms with van der Waals surface area (Å²) in [5.74, 6) is 1.31. The number of hydrogen-bond acceptors (Lipinski definition) is 3. The summed E-state index contributed by atoms with van der Waals surface area (Å²) in [6, 6.07) is 15.2. The Morgan fingerprint density at radius 3 is 2.55 bits per heavy atom. The molecule has 0 saturated carbocycles. The zero-order valence-corrected chi connectivity index (χ0v) is 11.9. The lowest BCUT2D eigenvalue weighted by atomic mass is 10.1. The fraction of sp³-hybridized carbons (Fsp3) is 0.188. The summed E-state index contributed by atoms with van der Waals surface area (Å²) in [7, 11) is 1.58. The van der Waals surface area contributed by atoms with Gasteiger partial charge in [-0.05, 0) is 35.4 Å². The van der Waals surface area contributed by atoms with E-state index in [0.29, 0.717) is 18.1 Å². The van der Waals surface area contributed by atoms with E-state index < -0.39 is 5.24 Å². The molecule has 0 N–H and O–H groups in total. The molecule has 0 aliphatic heterocycles. The van der Waals surface area contributed by atoms with E-state index in [9.17, 15) is 4.79 Å². The molecule has 3 nitrogen and oxygen atoms in total. The van der Waals surface area contributed by atoms with Crippen molar-refractivity contribution >= 4 is 16.8 Å². The van der Waals surface area contributed by atoms with Crippen molar-refractivity contribution in [3.8, 4) is 11.5 Å². The highest BCUT2D eigenvalue weighted by Gasteiger charge is 2.09. The van der Waals surface area contributed by atoms with Crippen LogP contribution in [-0.4, -0.2) is 12.4 Å². The number of hydrogen-bond donors (Lipinski definition) is 0. The Morgan fingerprint density at radius 1 is 1.15 bits per heavy atom. The van der Waals surface area contributed by atoms with Gasteiger partial charge in [0.25, 0.3) is 0 Å². The van der Waals surface area contributed by atoms with E-state index in [-0.39, 0.29) is 6.42 Å². The molecule has 2 rings (SSSR count). The van der Waals surface area contributed by atoms with E-state index in [1.54, 1.807) is 25.3 Å². The van der Waals surface area contributed by atoms with Crippen LogP contribution in [0.25, 0.3) is 0 Å². The third-order valence-corrected chi connectivity index (χ3v) is 2.97. The summed E-state index contributed by atoms with van der Waals surface area (Å²) in [6.07, 6.45) is 0.114. The number of rotatable bonds is 6. The molecule has 20 heavy (non-hydrogen) atoms. The first-order valence-electron chi connectivity index (χ1n) is 6.21. The van der Waals surface area contributed by atoms with E-state index in [1.165, 1.54) is 0 Å². The van der Waals surface area contributed by atoms with Gasteiger partial charge in [0.2, 0.25) is 5.24 Å². The molecular formula is C16H15ClO3. The van der Waals surface area contributed by atoms with E-state index in [0.717, 1.165) is 11.1 Å². The van der Waals surface area contributed by atoms with Gasteiger partial charge < -0.3 is 9.47 Å². The smallest absolute Gasteiger partial charge is 0.226 e. The third-order valence-electron chi connectivity index (χ3n) is 2.83. The molecule has 0 atom stereocenters. The summed E-state index contributed by atoms with van der Waals surface area (Å²) < 4.78 is 10.9. The monoisotopic (exact) mass is 290 g/mol. The molecule has 104 valence electrons. The number of benzene rings is 2. The molecule has 0 spiro atoms. The number of ether oxygens (including phenoxy) is 2. The maximum Gasteiger partial charge on any atom is 0.226 e. The van der Waals surface area contributed by atoms with Crippen LogP contribution in [0.5, 0.6) is 11.5 Å². The topological polar surface area (TPSA) is 35.5 Å². The minimum atomic E-state index is -0.428. The van der Waals surface area contributed by atoms with Crippen molar-refractivity contribution in [2.75, 3.05) is 7.11 Å². The van der Waals surface area contributed by atoms with Gasteiger partial charge in [0, 0.05) is 5.56 Å². The van der Waals surface area contributed by atoms with E-state index in [1.807, 2.05) is 30.3 Å². The first kappa shape index (κ1) is 14.4. The van der Waals surface area contributed by atoms with Gasteiger partial charge >= 0.3 is 0 Å². The molecule has 2 aromatic carbocycles. The number of methoxy groups -OCH3 is 1. The molecular weight excluding hydrogens is 276 g/mol. The average Bonchev–Trinajstić information content (AvgIpc) is 2.46. The Kier molecular flexibility index (Phi) is 5.02. The molecule has 0 aliphatic rings. The van der Waals surface area contributed by atoms with Crippen LogP contribution >= 0.6 is 11.6 Å². The quantitative estimate of drug-likeness (QED) is 0.763. The van der Waals surface area contributed by atoms with Crippen molar-refractivity contribution in [1.82, 2.24) is 0 Å². The first-order chi connectivity index (χ1) is 9.69. The predicted octanol–water partition coefficient (Wildman–Crippen LogP) is 3.58. The van der Waals surface area contributed by atoms with Gasteiger partial charge in [-0.25, -0.2) is 0 Å². The Labute approximate surface area is 123 Å². The molecule has 0 aromatic heterocycles. The molecule has 0 aliphatic carbocycles. The average molecular weight is 291 g/mol. The minimum Gasteiger partial charge on any atom is -0.497 e. The molecule has 0 heterocycles. The Bertz CT molecular complexity index is 582. The maximum atomic E-state index is 11.1. The van der Waals surface area contributed by atoms with Gasteiger partial charge in [0.05, 0.1) is 13.5 Å². The zero-order valence-electron chi connectivity index (χ0n) is 11.1. The van der Waals surface area contributed by atoms with Gasteiger partial charge in [-0.15, -0.1) is 0 Å². The lowest BCUT2D eigenvalue weighted by Crippen LogP contribution is -2.02. The standard InChI is InChI=1S/C16H15ClO3/c1-19-14-7-8-15(13(9-14)10-16(17)18)20-11-12-5-3-2-4-6-12/h2-9H,10-11H2,1H3. The Hall–Kier alpha value is -2.00. The van der Waals surface area contributed by atoms with Crippen molar-refractivity contribution < 1.29 is 14.3 Å². The Morgan fingerprint density at radius 2 is 1.90 bits per heavy atom. The minimum absolute atomic E-state index is 0.114. The van der Waals surface area contributed by atoms with Crippen LogP contribution in [0.2, 0.25) is 0 Å². The molecule has 2 aromatic rings. The largest absolute Gasteiger partial charge is 0.497 e. The summed E-state index contributed by atoms with van der Waals surface area (Å²) in [4.78, 5) is 11.1. The lowest BCUT2D eigenvalue weighted by Gasteiger charge is -2.12. The van der Waals surface area contributed by atoms with Crippen molar-refractivity contribution in [3.05, 3.63) is 59.7 Å². The van der Waals surface area contributed by atoms with Gasteiger partial charge in [-0.2, -0.15) is 0 Å². The van der Waals surface area contributed by atoms with E-state index in [2.05, 4.69) is 0 Å². The fourth-order valence-corrected chi connectivity index (χ4v) is 1.99. The van der Waals surface area contributed by atoms with Crippen LogP contribution < -0.4 is 9.47 Å². The van der Waals surface area contributed by atoms with Crippen LogP contribution in [0.1, 0.15) is 11.1 Å². The summed E-state index contributed by atoms with van der Waals surface area (Å²) in [5.41, 5.74) is 1.78. The third kappa shape index (κ3) is 4.00.